The summed E-state index contributed by atoms with van der Waals surface area (Å²) in [6.07, 6.45) is 0. The van der Waals surface area contributed by atoms with Crippen LogP contribution in [-0.4, -0.2) is 6.86 Å². The van der Waals surface area contributed by atoms with E-state index in [0.29, 0.717) is 7.14 Å². The third kappa shape index (κ3) is 2.41. The molecule has 1 nitrogen and oxygen atoms in total. The molecule has 0 N–H and O–H groups in total. The first-order chi connectivity index (χ1) is 5.65. The molecular formula is C7H4F2I2O. The molecule has 0 radical (unpaired) electrons. The number of ether oxygens (including phenoxy) is 1. The fourth-order valence-corrected chi connectivity index (χ4v) is 1.72. The van der Waals surface area contributed by atoms with E-state index < -0.39 is 6.86 Å². The molecular weight excluding hydrogens is 392 g/mol. The quantitative estimate of drug-likeness (QED) is 0.551. The third-order valence-corrected chi connectivity index (χ3v) is 2.84. The summed E-state index contributed by atoms with van der Waals surface area (Å²) in [5.74, 6) is -0.131. The fourth-order valence-electron chi connectivity index (χ4n) is 0.696. The minimum Gasteiger partial charge on any atom is -0.462 e. The molecule has 0 atom stereocenters. The number of hydrogen-bond acceptors (Lipinski definition) is 1. The molecule has 1 aromatic carbocycles. The highest BCUT2D eigenvalue weighted by Crippen LogP contribution is 2.26. The zero-order valence-electron chi connectivity index (χ0n) is 5.78. The lowest BCUT2D eigenvalue weighted by Gasteiger charge is -2.05. The second kappa shape index (κ2) is 4.54. The second-order valence-electron chi connectivity index (χ2n) is 1.95. The molecule has 0 saturated heterocycles. The lowest BCUT2D eigenvalue weighted by atomic mass is 10.3. The molecule has 66 valence electrons. The summed E-state index contributed by atoms with van der Waals surface area (Å²) in [7, 11) is 0. The van der Waals surface area contributed by atoms with Crippen molar-refractivity contribution < 1.29 is 13.5 Å². The molecule has 0 amide bonds. The lowest BCUT2D eigenvalue weighted by Crippen LogP contribution is -1.95. The van der Waals surface area contributed by atoms with E-state index in [2.05, 4.69) is 4.74 Å². The van der Waals surface area contributed by atoms with Crippen molar-refractivity contribution in [1.29, 1.82) is 0 Å². The van der Waals surface area contributed by atoms with Crippen molar-refractivity contribution in [3.05, 3.63) is 25.1 Å². The van der Waals surface area contributed by atoms with E-state index in [-0.39, 0.29) is 11.6 Å². The molecule has 5 heteroatoms. The van der Waals surface area contributed by atoms with Gasteiger partial charge in [-0.15, -0.1) is 0 Å². The van der Waals surface area contributed by atoms with E-state index in [1.54, 1.807) is 28.7 Å². The summed E-state index contributed by atoms with van der Waals surface area (Å²) in [5.41, 5.74) is 0. The minimum atomic E-state index is -0.935. The van der Waals surface area contributed by atoms with E-state index in [9.17, 15) is 8.78 Å². The SMILES string of the molecule is FCOc1cc(I)cc(F)c1I. The van der Waals surface area contributed by atoms with Gasteiger partial charge in [-0.1, -0.05) is 0 Å². The number of benzene rings is 1. The van der Waals surface area contributed by atoms with Gasteiger partial charge in [-0.05, 0) is 57.3 Å². The summed E-state index contributed by atoms with van der Waals surface area (Å²) in [5, 5.41) is 0. The number of halogens is 4. The maximum Gasteiger partial charge on any atom is 0.228 e. The fraction of sp³-hybridized carbons (Fsp3) is 0.143. The Morgan fingerprint density at radius 3 is 2.58 bits per heavy atom. The van der Waals surface area contributed by atoms with Crippen molar-refractivity contribution in [2.24, 2.45) is 0 Å². The summed E-state index contributed by atoms with van der Waals surface area (Å²) < 4.78 is 30.3. The Kier molecular flexibility index (Phi) is 3.94. The van der Waals surface area contributed by atoms with Gasteiger partial charge in [-0.2, -0.15) is 0 Å². The Hall–Kier alpha value is 0.340. The van der Waals surface area contributed by atoms with Gasteiger partial charge in [0.25, 0.3) is 0 Å². The maximum absolute atomic E-state index is 12.9. The Bertz CT molecular complexity index is 291. The summed E-state index contributed by atoms with van der Waals surface area (Å²) >= 11 is 3.72. The van der Waals surface area contributed by atoms with Gasteiger partial charge in [0.05, 0.1) is 3.57 Å². The second-order valence-corrected chi connectivity index (χ2v) is 4.28. The van der Waals surface area contributed by atoms with E-state index >= 15 is 0 Å². The van der Waals surface area contributed by atoms with Crippen LogP contribution >= 0.6 is 45.2 Å². The highest BCUT2D eigenvalue weighted by molar-refractivity contribution is 14.1. The highest BCUT2D eigenvalue weighted by atomic mass is 127. The normalized spacial score (nSPS) is 10.0. The van der Waals surface area contributed by atoms with E-state index in [1.807, 2.05) is 22.6 Å². The Labute approximate surface area is 95.8 Å². The van der Waals surface area contributed by atoms with Crippen LogP contribution in [0.25, 0.3) is 0 Å². The van der Waals surface area contributed by atoms with Crippen LogP contribution in [0, 0.1) is 13.0 Å². The lowest BCUT2D eigenvalue weighted by molar-refractivity contribution is 0.189. The first-order valence-corrected chi connectivity index (χ1v) is 5.14. The third-order valence-electron chi connectivity index (χ3n) is 1.17. The van der Waals surface area contributed by atoms with Crippen LogP contribution in [0.5, 0.6) is 5.75 Å². The number of hydrogen-bond donors (Lipinski definition) is 0. The zero-order valence-corrected chi connectivity index (χ0v) is 10.1. The first kappa shape index (κ1) is 10.4. The topological polar surface area (TPSA) is 9.23 Å². The predicted octanol–water partition coefficient (Wildman–Crippen LogP) is 3.34. The first-order valence-electron chi connectivity index (χ1n) is 2.98. The monoisotopic (exact) mass is 396 g/mol. The van der Waals surface area contributed by atoms with Crippen LogP contribution in [0.4, 0.5) is 8.78 Å². The van der Waals surface area contributed by atoms with Crippen LogP contribution in [0.15, 0.2) is 12.1 Å². The summed E-state index contributed by atoms with van der Waals surface area (Å²) in [6.45, 7) is -0.935. The average molecular weight is 396 g/mol. The highest BCUT2D eigenvalue weighted by Gasteiger charge is 2.07. The van der Waals surface area contributed by atoms with Gasteiger partial charge in [0.2, 0.25) is 6.86 Å². The average Bonchev–Trinajstić information content (AvgIpc) is 2.00. The Morgan fingerprint density at radius 2 is 2.00 bits per heavy atom. The molecule has 0 spiro atoms. The molecule has 0 aromatic heterocycles. The van der Waals surface area contributed by atoms with Crippen molar-refractivity contribution in [2.45, 2.75) is 0 Å². The predicted molar refractivity (Wildman–Crippen MR) is 58.4 cm³/mol. The molecule has 1 rings (SSSR count). The molecule has 0 unspecified atom stereocenters. The van der Waals surface area contributed by atoms with Crippen LogP contribution in [0.3, 0.4) is 0 Å². The molecule has 1 aromatic rings. The van der Waals surface area contributed by atoms with Crippen molar-refractivity contribution in [2.75, 3.05) is 6.86 Å². The van der Waals surface area contributed by atoms with Crippen LogP contribution in [-0.2, 0) is 0 Å². The van der Waals surface area contributed by atoms with Crippen molar-refractivity contribution >= 4 is 45.2 Å². The van der Waals surface area contributed by atoms with Crippen LogP contribution in [0.2, 0.25) is 0 Å². The van der Waals surface area contributed by atoms with Gasteiger partial charge in [0.15, 0.2) is 0 Å². The van der Waals surface area contributed by atoms with Gasteiger partial charge in [0.1, 0.15) is 11.6 Å². The molecule has 0 saturated carbocycles. The largest absolute Gasteiger partial charge is 0.462 e. The van der Waals surface area contributed by atoms with Crippen LogP contribution < -0.4 is 4.74 Å². The van der Waals surface area contributed by atoms with Gasteiger partial charge >= 0.3 is 0 Å². The van der Waals surface area contributed by atoms with Crippen molar-refractivity contribution in [3.63, 3.8) is 0 Å². The Morgan fingerprint density at radius 1 is 1.33 bits per heavy atom. The molecule has 12 heavy (non-hydrogen) atoms. The standard InChI is InChI=1S/C7H4F2I2O/c8-3-12-6-2-4(10)1-5(9)7(6)11/h1-2H,3H2. The molecule has 0 aliphatic carbocycles. The van der Waals surface area contributed by atoms with Crippen molar-refractivity contribution in [3.8, 4) is 5.75 Å². The van der Waals surface area contributed by atoms with Gasteiger partial charge in [-0.25, -0.2) is 8.78 Å². The summed E-state index contributed by atoms with van der Waals surface area (Å²) in [6, 6.07) is 2.96. The maximum atomic E-state index is 12.9. The van der Waals surface area contributed by atoms with Crippen LogP contribution in [0.1, 0.15) is 0 Å². The number of alkyl halides is 1. The van der Waals surface area contributed by atoms with Crippen molar-refractivity contribution in [1.82, 2.24) is 0 Å². The van der Waals surface area contributed by atoms with Gasteiger partial charge < -0.3 is 4.74 Å². The molecule has 0 bridgehead atoms. The molecule has 0 aliphatic heterocycles. The van der Waals surface area contributed by atoms with E-state index in [1.165, 1.54) is 6.07 Å². The van der Waals surface area contributed by atoms with Gasteiger partial charge in [0, 0.05) is 3.57 Å². The molecule has 0 fully saturated rings. The number of rotatable bonds is 2. The summed E-state index contributed by atoms with van der Waals surface area (Å²) in [4.78, 5) is 0. The molecule has 0 heterocycles. The zero-order chi connectivity index (χ0) is 9.14. The minimum absolute atomic E-state index is 0.252. The molecule has 0 aliphatic rings. The smallest absolute Gasteiger partial charge is 0.228 e. The van der Waals surface area contributed by atoms with Gasteiger partial charge in [-0.3, -0.25) is 0 Å². The van der Waals surface area contributed by atoms with E-state index in [0.717, 1.165) is 0 Å². The Balaban J connectivity index is 3.09. The van der Waals surface area contributed by atoms with E-state index in [4.69, 9.17) is 0 Å².